The normalized spacial score (nSPS) is 13.7. The maximum atomic E-state index is 5.75. The molecule has 1 aromatic carbocycles. The number of rotatable bonds is 1. The molecule has 0 radical (unpaired) electrons. The average molecular weight is 311 g/mol. The van der Waals surface area contributed by atoms with E-state index in [-0.39, 0.29) is 0 Å². The first-order chi connectivity index (χ1) is 8.68. The van der Waals surface area contributed by atoms with Gasteiger partial charge in [0.2, 0.25) is 5.88 Å². The molecule has 0 bridgehead atoms. The molecule has 94 valence electrons. The van der Waals surface area contributed by atoms with Gasteiger partial charge in [0.15, 0.2) is 11.5 Å². The molecule has 1 aliphatic heterocycles. The molecule has 0 aliphatic carbocycles. The predicted molar refractivity (Wildman–Crippen MR) is 69.8 cm³/mol. The molecule has 0 amide bonds. The Labute approximate surface area is 112 Å². The monoisotopic (exact) mass is 310 g/mol. The molecular weight excluding hydrogens is 300 g/mol. The first-order valence-electron chi connectivity index (χ1n) is 5.47. The van der Waals surface area contributed by atoms with Gasteiger partial charge in [-0.05, 0) is 40.0 Å². The van der Waals surface area contributed by atoms with E-state index in [1.54, 1.807) is 6.20 Å². The fraction of sp³-hybridized carbons (Fsp3) is 0.250. The first kappa shape index (κ1) is 11.4. The number of halogens is 1. The number of fused-ring (bicyclic) bond motifs is 1. The minimum absolute atomic E-state index is 0.293. The highest BCUT2D eigenvalue weighted by atomic mass is 79.9. The molecule has 0 spiro atoms. The third-order valence-corrected chi connectivity index (χ3v) is 3.86. The van der Waals surface area contributed by atoms with Crippen LogP contribution in [0.5, 0.6) is 11.5 Å². The lowest BCUT2D eigenvalue weighted by molar-refractivity contribution is 0.170. The minimum atomic E-state index is 0.293. The summed E-state index contributed by atoms with van der Waals surface area (Å²) in [6.07, 6.45) is 1.60. The Morgan fingerprint density at radius 2 is 2.06 bits per heavy atom. The van der Waals surface area contributed by atoms with Crippen molar-refractivity contribution >= 4 is 21.8 Å². The Morgan fingerprint density at radius 1 is 1.28 bits per heavy atom. The maximum absolute atomic E-state index is 5.75. The van der Waals surface area contributed by atoms with Crippen LogP contribution in [0.15, 0.2) is 21.3 Å². The van der Waals surface area contributed by atoms with Gasteiger partial charge in [-0.25, -0.2) is 0 Å². The van der Waals surface area contributed by atoms with Gasteiger partial charge in [0.05, 0.1) is 16.2 Å². The highest BCUT2D eigenvalue weighted by Gasteiger charge is 2.22. The second-order valence-electron chi connectivity index (χ2n) is 3.99. The summed E-state index contributed by atoms with van der Waals surface area (Å²) in [4.78, 5) is 0. The Kier molecular flexibility index (Phi) is 2.66. The topological polar surface area (TPSA) is 70.5 Å². The zero-order valence-corrected chi connectivity index (χ0v) is 11.3. The summed E-state index contributed by atoms with van der Waals surface area (Å²) in [7, 11) is 0. The zero-order valence-electron chi connectivity index (χ0n) is 9.70. The lowest BCUT2D eigenvalue weighted by Crippen LogP contribution is -2.16. The molecule has 0 saturated carbocycles. The van der Waals surface area contributed by atoms with Gasteiger partial charge < -0.3 is 19.7 Å². The summed E-state index contributed by atoms with van der Waals surface area (Å²) in [5.41, 5.74) is 8.44. The van der Waals surface area contributed by atoms with Gasteiger partial charge in [-0.15, -0.1) is 0 Å². The third kappa shape index (κ3) is 1.64. The van der Waals surface area contributed by atoms with E-state index < -0.39 is 0 Å². The van der Waals surface area contributed by atoms with Gasteiger partial charge in [0.25, 0.3) is 0 Å². The van der Waals surface area contributed by atoms with Crippen LogP contribution in [0, 0.1) is 6.92 Å². The molecule has 6 heteroatoms. The summed E-state index contributed by atoms with van der Waals surface area (Å²) in [6.45, 7) is 3.07. The number of ether oxygens (including phenoxy) is 2. The van der Waals surface area contributed by atoms with Crippen molar-refractivity contribution in [3.63, 3.8) is 0 Å². The molecule has 3 rings (SSSR count). The highest BCUT2D eigenvalue weighted by Crippen LogP contribution is 2.45. The van der Waals surface area contributed by atoms with Gasteiger partial charge in [-0.2, -0.15) is 0 Å². The number of hydrogen-bond donors (Lipinski definition) is 1. The highest BCUT2D eigenvalue weighted by molar-refractivity contribution is 9.10. The van der Waals surface area contributed by atoms with Crippen LogP contribution >= 0.6 is 15.9 Å². The SMILES string of the molecule is Cc1c(-c2cnoc2N)cc2c(c1Br)OCCO2. The second-order valence-corrected chi connectivity index (χ2v) is 4.78. The molecule has 1 aliphatic rings. The van der Waals surface area contributed by atoms with Crippen molar-refractivity contribution < 1.29 is 14.0 Å². The van der Waals surface area contributed by atoms with Gasteiger partial charge in [-0.3, -0.25) is 0 Å². The Hall–Kier alpha value is -1.69. The number of nitrogen functional groups attached to an aromatic ring is 1. The fourth-order valence-corrected chi connectivity index (χ4v) is 2.49. The van der Waals surface area contributed by atoms with Crippen LogP contribution in [0.3, 0.4) is 0 Å². The van der Waals surface area contributed by atoms with Crippen LogP contribution in [-0.2, 0) is 0 Å². The minimum Gasteiger partial charge on any atom is -0.486 e. The van der Waals surface area contributed by atoms with E-state index in [0.29, 0.717) is 24.8 Å². The summed E-state index contributed by atoms with van der Waals surface area (Å²) in [6, 6.07) is 1.90. The van der Waals surface area contributed by atoms with Gasteiger partial charge >= 0.3 is 0 Å². The quantitative estimate of drug-likeness (QED) is 0.877. The molecule has 0 unspecified atom stereocenters. The molecule has 0 fully saturated rings. The van der Waals surface area contributed by atoms with Crippen molar-refractivity contribution in [1.29, 1.82) is 0 Å². The van der Waals surface area contributed by atoms with E-state index in [9.17, 15) is 0 Å². The van der Waals surface area contributed by atoms with E-state index in [1.807, 2.05) is 13.0 Å². The Balaban J connectivity index is 2.22. The van der Waals surface area contributed by atoms with Crippen molar-refractivity contribution in [3.8, 4) is 22.6 Å². The molecule has 18 heavy (non-hydrogen) atoms. The average Bonchev–Trinajstić information content (AvgIpc) is 2.80. The molecule has 5 nitrogen and oxygen atoms in total. The van der Waals surface area contributed by atoms with Crippen LogP contribution in [0.2, 0.25) is 0 Å². The van der Waals surface area contributed by atoms with Crippen LogP contribution in [0.25, 0.3) is 11.1 Å². The van der Waals surface area contributed by atoms with Crippen molar-refractivity contribution in [1.82, 2.24) is 5.16 Å². The lowest BCUT2D eigenvalue weighted by Gasteiger charge is -2.22. The first-order valence-corrected chi connectivity index (χ1v) is 6.27. The molecule has 2 heterocycles. The van der Waals surface area contributed by atoms with Crippen molar-refractivity contribution in [2.45, 2.75) is 6.92 Å². The molecule has 0 saturated heterocycles. The van der Waals surface area contributed by atoms with E-state index in [4.69, 9.17) is 19.7 Å². The second kappa shape index (κ2) is 4.20. The van der Waals surface area contributed by atoms with Gasteiger partial charge in [-0.1, -0.05) is 5.16 Å². The summed E-state index contributed by atoms with van der Waals surface area (Å²) in [5, 5.41) is 3.69. The maximum Gasteiger partial charge on any atom is 0.229 e. The van der Waals surface area contributed by atoms with Crippen molar-refractivity contribution in [3.05, 3.63) is 22.3 Å². The molecule has 1 aromatic heterocycles. The Bertz CT molecular complexity index is 610. The number of aromatic nitrogens is 1. The van der Waals surface area contributed by atoms with E-state index in [1.165, 1.54) is 0 Å². The van der Waals surface area contributed by atoms with Crippen LogP contribution in [0.4, 0.5) is 5.88 Å². The van der Waals surface area contributed by atoms with Gasteiger partial charge in [0.1, 0.15) is 13.2 Å². The molecule has 2 aromatic rings. The van der Waals surface area contributed by atoms with E-state index in [2.05, 4.69) is 21.1 Å². The van der Waals surface area contributed by atoms with Crippen LogP contribution in [0.1, 0.15) is 5.56 Å². The smallest absolute Gasteiger partial charge is 0.229 e. The summed E-state index contributed by atoms with van der Waals surface area (Å²) in [5.74, 6) is 1.73. The van der Waals surface area contributed by atoms with Gasteiger partial charge in [0, 0.05) is 0 Å². The molecular formula is C12H11BrN2O3. The number of hydrogen-bond acceptors (Lipinski definition) is 5. The van der Waals surface area contributed by atoms with Crippen molar-refractivity contribution in [2.75, 3.05) is 18.9 Å². The van der Waals surface area contributed by atoms with E-state index >= 15 is 0 Å². The number of nitrogens with two attached hydrogens (primary N) is 1. The molecule has 0 atom stereocenters. The van der Waals surface area contributed by atoms with Crippen LogP contribution < -0.4 is 15.2 Å². The fourth-order valence-electron chi connectivity index (χ4n) is 1.97. The molecule has 2 N–H and O–H groups in total. The number of anilines is 1. The standard InChI is InChI=1S/C12H11BrN2O3/c1-6-7(8-5-15-18-12(8)14)4-9-11(10(6)13)17-3-2-16-9/h4-5H,2-3,14H2,1H3. The largest absolute Gasteiger partial charge is 0.486 e. The van der Waals surface area contributed by atoms with Crippen molar-refractivity contribution in [2.24, 2.45) is 0 Å². The summed E-state index contributed by atoms with van der Waals surface area (Å²) >= 11 is 3.53. The zero-order chi connectivity index (χ0) is 12.7. The number of benzene rings is 1. The predicted octanol–water partition coefficient (Wildman–Crippen LogP) is 2.77. The Morgan fingerprint density at radius 3 is 2.78 bits per heavy atom. The third-order valence-electron chi connectivity index (χ3n) is 2.91. The van der Waals surface area contributed by atoms with E-state index in [0.717, 1.165) is 26.9 Å². The summed E-state index contributed by atoms with van der Waals surface area (Å²) < 4.78 is 17.0. The lowest BCUT2D eigenvalue weighted by atomic mass is 10.0. The van der Waals surface area contributed by atoms with Crippen LogP contribution in [-0.4, -0.2) is 18.4 Å². The number of nitrogens with zero attached hydrogens (tertiary/aromatic N) is 1.